The number of aryl methyl sites for hydroxylation is 2. The molecule has 28 heavy (non-hydrogen) atoms. The van der Waals surface area contributed by atoms with Gasteiger partial charge in [-0.25, -0.2) is 0 Å². The molecule has 0 bridgehead atoms. The second-order valence-electron chi connectivity index (χ2n) is 5.65. The van der Waals surface area contributed by atoms with E-state index >= 15 is 0 Å². The van der Waals surface area contributed by atoms with Crippen molar-refractivity contribution in [2.75, 3.05) is 0 Å². The van der Waals surface area contributed by atoms with Crippen molar-refractivity contribution in [2.45, 2.75) is 69.2 Å². The minimum Gasteiger partial charge on any atom is -0.0776 e. The number of hydrogen-bond donors (Lipinski definition) is 0. The van der Waals surface area contributed by atoms with Gasteiger partial charge in [-0.05, 0) is 42.5 Å². The standard InChI is InChI=1S/C13H10.C8H10.3C2H6.CH4/c1-3-7-12-10(5-1)9-11-6-2-4-8-13(11)12;1-7-3-5-8(2)6-4-7;3*1-2;/h1-8H,9H2;3-6H,1-2H3;3*1-2H3;1H4. The summed E-state index contributed by atoms with van der Waals surface area (Å²) in [5.41, 5.74) is 8.41. The monoisotopic (exact) mass is 378 g/mol. The molecule has 0 nitrogen and oxygen atoms in total. The van der Waals surface area contributed by atoms with Crippen LogP contribution in [0.3, 0.4) is 0 Å². The number of fused-ring (bicyclic) bond motifs is 3. The summed E-state index contributed by atoms with van der Waals surface area (Å²) in [6, 6.07) is 25.8. The third-order valence-electron chi connectivity index (χ3n) is 3.92. The van der Waals surface area contributed by atoms with Crippen molar-refractivity contribution in [3.05, 3.63) is 95.1 Å². The van der Waals surface area contributed by atoms with Crippen molar-refractivity contribution in [3.8, 4) is 11.1 Å². The van der Waals surface area contributed by atoms with E-state index < -0.39 is 0 Å². The summed E-state index contributed by atoms with van der Waals surface area (Å²) in [7, 11) is 0. The largest absolute Gasteiger partial charge is 0.0776 e. The molecule has 1 aliphatic rings. The first kappa shape index (κ1) is 27.9. The lowest BCUT2D eigenvalue weighted by molar-refractivity contribution is 1.26. The van der Waals surface area contributed by atoms with Crippen LogP contribution < -0.4 is 0 Å². The Labute approximate surface area is 175 Å². The number of rotatable bonds is 0. The molecule has 1 aliphatic carbocycles. The van der Waals surface area contributed by atoms with E-state index in [1.165, 1.54) is 33.4 Å². The van der Waals surface area contributed by atoms with Gasteiger partial charge in [0.05, 0.1) is 0 Å². The summed E-state index contributed by atoms with van der Waals surface area (Å²) in [5.74, 6) is 0. The number of hydrogen-bond acceptors (Lipinski definition) is 0. The molecule has 0 spiro atoms. The zero-order valence-electron chi connectivity index (χ0n) is 18.6. The topological polar surface area (TPSA) is 0 Å². The molecule has 0 amide bonds. The lowest BCUT2D eigenvalue weighted by Crippen LogP contribution is -1.77. The predicted octanol–water partition coefficient (Wildman–Crippen LogP) is 9.28. The highest BCUT2D eigenvalue weighted by Gasteiger charge is 2.15. The van der Waals surface area contributed by atoms with Gasteiger partial charge in [-0.3, -0.25) is 0 Å². The van der Waals surface area contributed by atoms with Crippen molar-refractivity contribution in [3.63, 3.8) is 0 Å². The van der Waals surface area contributed by atoms with Crippen LogP contribution in [-0.4, -0.2) is 0 Å². The molecular formula is C28H42. The smallest absolute Gasteiger partial charge is 0.00135 e. The fourth-order valence-corrected chi connectivity index (χ4v) is 2.72. The normalized spacial score (nSPS) is 9.00. The van der Waals surface area contributed by atoms with E-state index in [2.05, 4.69) is 86.6 Å². The fraction of sp³-hybridized carbons (Fsp3) is 0.357. The lowest BCUT2D eigenvalue weighted by Gasteiger charge is -1.98. The van der Waals surface area contributed by atoms with Crippen LogP contribution in [0.1, 0.15) is 71.2 Å². The molecule has 0 unspecified atom stereocenters. The minimum atomic E-state index is 0. The minimum absolute atomic E-state index is 0. The number of benzene rings is 3. The highest BCUT2D eigenvalue weighted by atomic mass is 14.2. The molecule has 0 atom stereocenters. The fourth-order valence-electron chi connectivity index (χ4n) is 2.72. The summed E-state index contributed by atoms with van der Waals surface area (Å²) in [5, 5.41) is 0. The molecule has 0 aromatic heterocycles. The molecular weight excluding hydrogens is 336 g/mol. The Morgan fingerprint density at radius 3 is 1.07 bits per heavy atom. The summed E-state index contributed by atoms with van der Waals surface area (Å²) in [4.78, 5) is 0. The van der Waals surface area contributed by atoms with E-state index in [0.29, 0.717) is 0 Å². The molecule has 3 aromatic carbocycles. The Morgan fingerprint density at radius 2 is 0.750 bits per heavy atom. The van der Waals surface area contributed by atoms with Crippen LogP contribution >= 0.6 is 0 Å². The molecule has 0 aliphatic heterocycles. The van der Waals surface area contributed by atoms with E-state index in [-0.39, 0.29) is 7.43 Å². The third-order valence-corrected chi connectivity index (χ3v) is 3.92. The Morgan fingerprint density at radius 1 is 0.464 bits per heavy atom. The van der Waals surface area contributed by atoms with Crippen molar-refractivity contribution in [2.24, 2.45) is 0 Å². The van der Waals surface area contributed by atoms with Crippen LogP contribution in [0.4, 0.5) is 0 Å². The molecule has 3 aromatic rings. The molecule has 0 heterocycles. The van der Waals surface area contributed by atoms with Gasteiger partial charge in [0.2, 0.25) is 0 Å². The van der Waals surface area contributed by atoms with Crippen molar-refractivity contribution >= 4 is 0 Å². The molecule has 0 saturated heterocycles. The summed E-state index contributed by atoms with van der Waals surface area (Å²) in [6.07, 6.45) is 1.10. The quantitative estimate of drug-likeness (QED) is 0.286. The third kappa shape index (κ3) is 8.57. The Hall–Kier alpha value is -2.34. The van der Waals surface area contributed by atoms with Crippen LogP contribution in [0.25, 0.3) is 11.1 Å². The Bertz CT molecular complexity index is 671. The van der Waals surface area contributed by atoms with E-state index in [1.807, 2.05) is 41.5 Å². The van der Waals surface area contributed by atoms with E-state index in [1.54, 1.807) is 0 Å². The van der Waals surface area contributed by atoms with Crippen LogP contribution in [0.2, 0.25) is 0 Å². The van der Waals surface area contributed by atoms with Crippen molar-refractivity contribution in [1.29, 1.82) is 0 Å². The van der Waals surface area contributed by atoms with Gasteiger partial charge >= 0.3 is 0 Å². The first-order valence-electron chi connectivity index (χ1n) is 10.4. The average Bonchev–Trinajstić information content (AvgIpc) is 3.14. The lowest BCUT2D eigenvalue weighted by atomic mass is 10.1. The van der Waals surface area contributed by atoms with Crippen LogP contribution in [-0.2, 0) is 6.42 Å². The molecule has 154 valence electrons. The van der Waals surface area contributed by atoms with Gasteiger partial charge in [0.15, 0.2) is 0 Å². The van der Waals surface area contributed by atoms with E-state index in [9.17, 15) is 0 Å². The van der Waals surface area contributed by atoms with Crippen LogP contribution in [0.15, 0.2) is 72.8 Å². The Kier molecular flexibility index (Phi) is 16.7. The SMILES string of the molecule is C.CC.CC.CC.Cc1ccc(C)cc1.c1ccc2c(c1)Cc1ccccc1-2. The van der Waals surface area contributed by atoms with E-state index in [0.717, 1.165) is 6.42 Å². The maximum atomic E-state index is 2.22. The first-order chi connectivity index (χ1) is 13.2. The van der Waals surface area contributed by atoms with Crippen molar-refractivity contribution in [1.82, 2.24) is 0 Å². The van der Waals surface area contributed by atoms with Gasteiger partial charge in [0.1, 0.15) is 0 Å². The maximum Gasteiger partial charge on any atom is -0.00135 e. The molecule has 0 radical (unpaired) electrons. The van der Waals surface area contributed by atoms with Gasteiger partial charge < -0.3 is 0 Å². The van der Waals surface area contributed by atoms with E-state index in [4.69, 9.17) is 0 Å². The van der Waals surface area contributed by atoms with Gasteiger partial charge in [0.25, 0.3) is 0 Å². The highest BCUT2D eigenvalue weighted by molar-refractivity contribution is 5.76. The molecule has 0 fully saturated rings. The van der Waals surface area contributed by atoms with Gasteiger partial charge in [0, 0.05) is 0 Å². The highest BCUT2D eigenvalue weighted by Crippen LogP contribution is 2.35. The van der Waals surface area contributed by atoms with Gasteiger partial charge in [-0.1, -0.05) is 133 Å². The zero-order valence-corrected chi connectivity index (χ0v) is 18.6. The molecule has 0 heteroatoms. The first-order valence-corrected chi connectivity index (χ1v) is 10.4. The predicted molar refractivity (Wildman–Crippen MR) is 131 cm³/mol. The second kappa shape index (κ2) is 16.8. The average molecular weight is 379 g/mol. The zero-order chi connectivity index (χ0) is 20.7. The molecule has 4 rings (SSSR count). The summed E-state index contributed by atoms with van der Waals surface area (Å²) < 4.78 is 0. The van der Waals surface area contributed by atoms with Crippen molar-refractivity contribution < 1.29 is 0 Å². The van der Waals surface area contributed by atoms with Crippen LogP contribution in [0, 0.1) is 13.8 Å². The second-order valence-corrected chi connectivity index (χ2v) is 5.65. The Balaban J connectivity index is 0. The summed E-state index contributed by atoms with van der Waals surface area (Å²) >= 11 is 0. The molecule has 0 saturated carbocycles. The van der Waals surface area contributed by atoms with Gasteiger partial charge in [-0.2, -0.15) is 0 Å². The molecule has 0 N–H and O–H groups in total. The van der Waals surface area contributed by atoms with Crippen LogP contribution in [0.5, 0.6) is 0 Å². The summed E-state index contributed by atoms with van der Waals surface area (Å²) in [6.45, 7) is 16.2. The maximum absolute atomic E-state index is 2.22. The van der Waals surface area contributed by atoms with Gasteiger partial charge in [-0.15, -0.1) is 0 Å².